The van der Waals surface area contributed by atoms with E-state index in [0.717, 1.165) is 11.8 Å². The minimum atomic E-state index is 0.222. The molecule has 0 heterocycles. The van der Waals surface area contributed by atoms with E-state index in [4.69, 9.17) is 5.73 Å². The number of hydrogen-bond donors (Lipinski definition) is 1. The second-order valence-electron chi connectivity index (χ2n) is 7.00. The maximum absolute atomic E-state index is 6.57. The summed E-state index contributed by atoms with van der Waals surface area (Å²) in [5.74, 6) is 1.76. The van der Waals surface area contributed by atoms with Crippen LogP contribution < -0.4 is 5.73 Å². The van der Waals surface area contributed by atoms with Gasteiger partial charge in [-0.05, 0) is 55.8 Å². The SMILES string of the molecule is CC(C)(C)C1CCC(N)(C2CCC2)CC1. The molecule has 0 spiro atoms. The number of hydrogen-bond acceptors (Lipinski definition) is 1. The normalized spacial score (nSPS) is 38.8. The molecule has 2 fully saturated rings. The van der Waals surface area contributed by atoms with Gasteiger partial charge in [0.1, 0.15) is 0 Å². The van der Waals surface area contributed by atoms with Crippen LogP contribution in [0.25, 0.3) is 0 Å². The Hall–Kier alpha value is -0.0400. The van der Waals surface area contributed by atoms with E-state index < -0.39 is 0 Å². The van der Waals surface area contributed by atoms with Crippen LogP contribution in [0, 0.1) is 17.3 Å². The molecule has 0 bridgehead atoms. The highest BCUT2D eigenvalue weighted by Gasteiger charge is 2.42. The smallest absolute Gasteiger partial charge is 0.0183 e. The van der Waals surface area contributed by atoms with Gasteiger partial charge in [0, 0.05) is 5.54 Å². The quantitative estimate of drug-likeness (QED) is 0.700. The molecule has 0 saturated heterocycles. The van der Waals surface area contributed by atoms with Crippen molar-refractivity contribution in [2.75, 3.05) is 0 Å². The molecule has 0 aromatic carbocycles. The summed E-state index contributed by atoms with van der Waals surface area (Å²) in [7, 11) is 0. The van der Waals surface area contributed by atoms with E-state index in [1.165, 1.54) is 44.9 Å². The first-order valence-corrected chi connectivity index (χ1v) is 6.71. The van der Waals surface area contributed by atoms with Crippen molar-refractivity contribution >= 4 is 0 Å². The molecule has 2 aliphatic rings. The van der Waals surface area contributed by atoms with E-state index in [2.05, 4.69) is 20.8 Å². The van der Waals surface area contributed by atoms with Gasteiger partial charge in [-0.3, -0.25) is 0 Å². The molecule has 2 aliphatic carbocycles. The number of nitrogens with two attached hydrogens (primary N) is 1. The summed E-state index contributed by atoms with van der Waals surface area (Å²) in [4.78, 5) is 0. The highest BCUT2D eigenvalue weighted by Crippen LogP contribution is 2.47. The van der Waals surface area contributed by atoms with Gasteiger partial charge in [0.05, 0.1) is 0 Å². The molecule has 2 N–H and O–H groups in total. The molecule has 0 aromatic heterocycles. The second kappa shape index (κ2) is 3.76. The fourth-order valence-corrected chi connectivity index (χ4v) is 3.41. The standard InChI is InChI=1S/C14H27N/c1-13(2,3)11-7-9-14(15,10-8-11)12-5-4-6-12/h11-12H,4-10,15H2,1-3H3. The molecule has 0 aliphatic heterocycles. The van der Waals surface area contributed by atoms with Crippen LogP contribution in [0.3, 0.4) is 0 Å². The lowest BCUT2D eigenvalue weighted by atomic mass is 9.60. The van der Waals surface area contributed by atoms with Crippen LogP contribution in [0.2, 0.25) is 0 Å². The molecule has 2 rings (SSSR count). The Labute approximate surface area is 94.8 Å². The lowest BCUT2D eigenvalue weighted by Crippen LogP contribution is -2.52. The molecule has 0 amide bonds. The third kappa shape index (κ3) is 2.22. The van der Waals surface area contributed by atoms with Crippen molar-refractivity contribution in [1.82, 2.24) is 0 Å². The fourth-order valence-electron chi connectivity index (χ4n) is 3.41. The first kappa shape index (κ1) is 11.4. The summed E-state index contributed by atoms with van der Waals surface area (Å²) < 4.78 is 0. The zero-order valence-corrected chi connectivity index (χ0v) is 10.7. The van der Waals surface area contributed by atoms with Gasteiger partial charge in [-0.15, -0.1) is 0 Å². The molecule has 15 heavy (non-hydrogen) atoms. The average Bonchev–Trinajstić information content (AvgIpc) is 1.98. The van der Waals surface area contributed by atoms with Gasteiger partial charge in [-0.1, -0.05) is 27.2 Å². The monoisotopic (exact) mass is 209 g/mol. The van der Waals surface area contributed by atoms with E-state index in [9.17, 15) is 0 Å². The molecule has 0 atom stereocenters. The Morgan fingerprint density at radius 2 is 1.53 bits per heavy atom. The van der Waals surface area contributed by atoms with Gasteiger partial charge in [0.2, 0.25) is 0 Å². The minimum Gasteiger partial charge on any atom is -0.325 e. The summed E-state index contributed by atoms with van der Waals surface area (Å²) in [6, 6.07) is 0. The van der Waals surface area contributed by atoms with Gasteiger partial charge in [-0.2, -0.15) is 0 Å². The van der Waals surface area contributed by atoms with Gasteiger partial charge in [0.25, 0.3) is 0 Å². The van der Waals surface area contributed by atoms with Crippen molar-refractivity contribution in [3.05, 3.63) is 0 Å². The fraction of sp³-hybridized carbons (Fsp3) is 1.00. The summed E-state index contributed by atoms with van der Waals surface area (Å²) in [6.45, 7) is 7.14. The largest absolute Gasteiger partial charge is 0.325 e. The third-order valence-electron chi connectivity index (χ3n) is 5.06. The van der Waals surface area contributed by atoms with E-state index in [-0.39, 0.29) is 5.54 Å². The Morgan fingerprint density at radius 3 is 1.87 bits per heavy atom. The lowest BCUT2D eigenvalue weighted by Gasteiger charge is -2.49. The van der Waals surface area contributed by atoms with Crippen LogP contribution in [0.15, 0.2) is 0 Å². The third-order valence-corrected chi connectivity index (χ3v) is 5.06. The van der Waals surface area contributed by atoms with Crippen molar-refractivity contribution in [2.45, 2.75) is 71.3 Å². The minimum absolute atomic E-state index is 0.222. The highest BCUT2D eigenvalue weighted by atomic mass is 14.8. The van der Waals surface area contributed by atoms with E-state index in [0.29, 0.717) is 5.41 Å². The van der Waals surface area contributed by atoms with Gasteiger partial charge < -0.3 is 5.73 Å². The van der Waals surface area contributed by atoms with Crippen LogP contribution in [-0.2, 0) is 0 Å². The van der Waals surface area contributed by atoms with Gasteiger partial charge in [0.15, 0.2) is 0 Å². The second-order valence-corrected chi connectivity index (χ2v) is 7.00. The van der Waals surface area contributed by atoms with Crippen LogP contribution in [0.1, 0.15) is 65.7 Å². The Balaban J connectivity index is 1.91. The molecule has 0 radical (unpaired) electrons. The maximum Gasteiger partial charge on any atom is 0.0183 e. The van der Waals surface area contributed by atoms with Crippen molar-refractivity contribution < 1.29 is 0 Å². The summed E-state index contributed by atoms with van der Waals surface area (Å²) in [6.07, 6.45) is 9.49. The molecule has 1 nitrogen and oxygen atoms in total. The van der Waals surface area contributed by atoms with Crippen LogP contribution in [0.4, 0.5) is 0 Å². The van der Waals surface area contributed by atoms with Crippen LogP contribution in [0.5, 0.6) is 0 Å². The Kier molecular flexibility index (Phi) is 2.87. The van der Waals surface area contributed by atoms with Crippen molar-refractivity contribution in [2.24, 2.45) is 23.0 Å². The summed E-state index contributed by atoms with van der Waals surface area (Å²) in [5, 5.41) is 0. The zero-order chi connectivity index (χ0) is 11.1. The maximum atomic E-state index is 6.57. The first-order chi connectivity index (χ1) is 6.92. The molecular formula is C14H27N. The molecule has 0 aromatic rings. The molecular weight excluding hydrogens is 182 g/mol. The predicted molar refractivity (Wildman–Crippen MR) is 65.7 cm³/mol. The Bertz CT molecular complexity index is 214. The van der Waals surface area contributed by atoms with Crippen LogP contribution in [-0.4, -0.2) is 5.54 Å². The van der Waals surface area contributed by atoms with E-state index >= 15 is 0 Å². The van der Waals surface area contributed by atoms with E-state index in [1.807, 2.05) is 0 Å². The van der Waals surface area contributed by atoms with Crippen molar-refractivity contribution in [3.8, 4) is 0 Å². The highest BCUT2D eigenvalue weighted by molar-refractivity contribution is 4.99. The zero-order valence-electron chi connectivity index (χ0n) is 10.7. The van der Waals surface area contributed by atoms with Crippen molar-refractivity contribution in [3.63, 3.8) is 0 Å². The molecule has 2 saturated carbocycles. The summed E-state index contributed by atoms with van der Waals surface area (Å²) in [5.41, 5.74) is 7.28. The number of rotatable bonds is 1. The topological polar surface area (TPSA) is 26.0 Å². The average molecular weight is 209 g/mol. The predicted octanol–water partition coefficient (Wildman–Crippen LogP) is 3.72. The van der Waals surface area contributed by atoms with E-state index in [1.54, 1.807) is 0 Å². The lowest BCUT2D eigenvalue weighted by molar-refractivity contribution is 0.0692. The van der Waals surface area contributed by atoms with Crippen LogP contribution >= 0.6 is 0 Å². The summed E-state index contributed by atoms with van der Waals surface area (Å²) >= 11 is 0. The van der Waals surface area contributed by atoms with Crippen molar-refractivity contribution in [1.29, 1.82) is 0 Å². The molecule has 1 heteroatoms. The Morgan fingerprint density at radius 1 is 1.00 bits per heavy atom. The van der Waals surface area contributed by atoms with Gasteiger partial charge in [-0.25, -0.2) is 0 Å². The van der Waals surface area contributed by atoms with Gasteiger partial charge >= 0.3 is 0 Å². The molecule has 88 valence electrons. The first-order valence-electron chi connectivity index (χ1n) is 6.71. The molecule has 0 unspecified atom stereocenters.